The zero-order valence-corrected chi connectivity index (χ0v) is 12.7. The van der Waals surface area contributed by atoms with Crippen LogP contribution in [0.1, 0.15) is 10.4 Å². The van der Waals surface area contributed by atoms with E-state index in [0.29, 0.717) is 0 Å². The van der Waals surface area contributed by atoms with E-state index in [4.69, 9.17) is 9.84 Å². The van der Waals surface area contributed by atoms with Crippen LogP contribution in [-0.4, -0.2) is 63.1 Å². The molecule has 120 valence electrons. The van der Waals surface area contributed by atoms with Gasteiger partial charge in [-0.3, -0.25) is 4.79 Å². The van der Waals surface area contributed by atoms with Gasteiger partial charge >= 0.3 is 5.97 Å². The van der Waals surface area contributed by atoms with Gasteiger partial charge in [-0.25, -0.2) is 17.9 Å². The summed E-state index contributed by atoms with van der Waals surface area (Å²) >= 11 is 0. The van der Waals surface area contributed by atoms with Gasteiger partial charge in [0.2, 0.25) is 10.0 Å². The van der Waals surface area contributed by atoms with Crippen molar-refractivity contribution in [3.63, 3.8) is 0 Å². The number of benzene rings is 1. The van der Waals surface area contributed by atoms with Gasteiger partial charge in [0.15, 0.2) is 6.04 Å². The molecule has 1 fully saturated rings. The van der Waals surface area contributed by atoms with E-state index in [-0.39, 0.29) is 30.2 Å². The highest BCUT2D eigenvalue weighted by molar-refractivity contribution is 7.89. The van der Waals surface area contributed by atoms with Gasteiger partial charge in [-0.05, 0) is 31.3 Å². The highest BCUT2D eigenvalue weighted by Crippen LogP contribution is 2.15. The van der Waals surface area contributed by atoms with Crippen LogP contribution in [0.15, 0.2) is 29.2 Å². The van der Waals surface area contributed by atoms with Crippen LogP contribution >= 0.6 is 0 Å². The summed E-state index contributed by atoms with van der Waals surface area (Å²) in [5.41, 5.74) is 0.225. The van der Waals surface area contributed by atoms with Gasteiger partial charge < -0.3 is 14.7 Å². The SMILES string of the molecule is CNS(=O)(=O)c1ccc(C(=O)N2CCOCC2C(=O)O)cc1. The van der Waals surface area contributed by atoms with Gasteiger partial charge in [-0.15, -0.1) is 0 Å². The Morgan fingerprint density at radius 2 is 1.95 bits per heavy atom. The molecule has 1 unspecified atom stereocenters. The summed E-state index contributed by atoms with van der Waals surface area (Å²) < 4.78 is 30.5. The van der Waals surface area contributed by atoms with E-state index >= 15 is 0 Å². The third-order valence-electron chi connectivity index (χ3n) is 3.35. The van der Waals surface area contributed by atoms with Crippen LogP contribution in [0.2, 0.25) is 0 Å². The molecule has 0 radical (unpaired) electrons. The number of nitrogens with one attached hydrogen (secondary N) is 1. The second-order valence-electron chi connectivity index (χ2n) is 4.66. The number of carboxylic acids is 1. The zero-order valence-electron chi connectivity index (χ0n) is 11.9. The Balaban J connectivity index is 2.24. The number of ether oxygens (including phenoxy) is 1. The number of carbonyl (C=O) groups excluding carboxylic acids is 1. The lowest BCUT2D eigenvalue weighted by Crippen LogP contribution is -2.52. The van der Waals surface area contributed by atoms with Crippen LogP contribution in [0.25, 0.3) is 0 Å². The number of sulfonamides is 1. The topological polar surface area (TPSA) is 113 Å². The van der Waals surface area contributed by atoms with Crippen molar-refractivity contribution in [1.82, 2.24) is 9.62 Å². The van der Waals surface area contributed by atoms with Crippen LogP contribution in [0, 0.1) is 0 Å². The Bertz CT molecular complexity index is 670. The predicted molar refractivity (Wildman–Crippen MR) is 76.0 cm³/mol. The molecule has 0 aliphatic carbocycles. The minimum Gasteiger partial charge on any atom is -0.480 e. The monoisotopic (exact) mass is 328 g/mol. The first kappa shape index (κ1) is 16.4. The second kappa shape index (κ2) is 6.42. The Hall–Kier alpha value is -1.97. The summed E-state index contributed by atoms with van der Waals surface area (Å²) in [5.74, 6) is -1.61. The standard InChI is InChI=1S/C13H16N2O6S/c1-14-22(19,20)10-4-2-9(3-5-10)12(16)15-6-7-21-8-11(15)13(17)18/h2-5,11,14H,6-8H2,1H3,(H,17,18). The molecule has 0 spiro atoms. The summed E-state index contributed by atoms with van der Waals surface area (Å²) in [6.07, 6.45) is 0. The molecule has 9 heteroatoms. The minimum atomic E-state index is -3.58. The molecule has 8 nitrogen and oxygen atoms in total. The van der Waals surface area contributed by atoms with Crippen LogP contribution in [-0.2, 0) is 19.6 Å². The first-order valence-corrected chi connectivity index (χ1v) is 8.00. The molecule has 0 aromatic heterocycles. The lowest BCUT2D eigenvalue weighted by molar-refractivity contribution is -0.147. The molecule has 1 aliphatic rings. The fraction of sp³-hybridized carbons (Fsp3) is 0.385. The van der Waals surface area contributed by atoms with Crippen molar-refractivity contribution >= 4 is 21.9 Å². The molecule has 1 aromatic carbocycles. The molecule has 1 aromatic rings. The third-order valence-corrected chi connectivity index (χ3v) is 4.78. The first-order valence-electron chi connectivity index (χ1n) is 6.52. The van der Waals surface area contributed by atoms with E-state index in [2.05, 4.69) is 4.72 Å². The van der Waals surface area contributed by atoms with Crippen molar-refractivity contribution in [2.24, 2.45) is 0 Å². The summed E-state index contributed by atoms with van der Waals surface area (Å²) in [6.45, 7) is 0.376. The van der Waals surface area contributed by atoms with Crippen molar-refractivity contribution in [2.45, 2.75) is 10.9 Å². The van der Waals surface area contributed by atoms with E-state index in [0.717, 1.165) is 0 Å². The maximum absolute atomic E-state index is 12.4. The molecule has 1 amide bonds. The van der Waals surface area contributed by atoms with E-state index in [1.807, 2.05) is 0 Å². The van der Waals surface area contributed by atoms with Crippen molar-refractivity contribution in [1.29, 1.82) is 0 Å². The van der Waals surface area contributed by atoms with Crippen molar-refractivity contribution in [3.8, 4) is 0 Å². The number of hydrogen-bond acceptors (Lipinski definition) is 5. The van der Waals surface area contributed by atoms with E-state index in [9.17, 15) is 18.0 Å². The largest absolute Gasteiger partial charge is 0.480 e. The lowest BCUT2D eigenvalue weighted by Gasteiger charge is -2.32. The van der Waals surface area contributed by atoms with Gasteiger partial charge in [0, 0.05) is 12.1 Å². The van der Waals surface area contributed by atoms with Crippen LogP contribution < -0.4 is 4.72 Å². The quantitative estimate of drug-likeness (QED) is 0.772. The number of carbonyl (C=O) groups is 2. The van der Waals surface area contributed by atoms with Crippen molar-refractivity contribution < 1.29 is 27.9 Å². The lowest BCUT2D eigenvalue weighted by atomic mass is 10.1. The highest BCUT2D eigenvalue weighted by Gasteiger charge is 2.33. The summed E-state index contributed by atoms with van der Waals surface area (Å²) in [4.78, 5) is 24.8. The fourth-order valence-electron chi connectivity index (χ4n) is 2.11. The molecular formula is C13H16N2O6S. The zero-order chi connectivity index (χ0) is 16.3. The Kier molecular flexibility index (Phi) is 4.79. The predicted octanol–water partition coefficient (Wildman–Crippen LogP) is -0.480. The molecular weight excluding hydrogens is 312 g/mol. The van der Waals surface area contributed by atoms with Crippen molar-refractivity contribution in [2.75, 3.05) is 26.8 Å². The van der Waals surface area contributed by atoms with E-state index in [1.54, 1.807) is 0 Å². The highest BCUT2D eigenvalue weighted by atomic mass is 32.2. The van der Waals surface area contributed by atoms with E-state index in [1.165, 1.54) is 36.2 Å². The van der Waals surface area contributed by atoms with Gasteiger partial charge in [0.1, 0.15) is 0 Å². The molecule has 0 bridgehead atoms. The number of hydrogen-bond donors (Lipinski definition) is 2. The Morgan fingerprint density at radius 1 is 1.32 bits per heavy atom. The van der Waals surface area contributed by atoms with Gasteiger partial charge in [-0.1, -0.05) is 0 Å². The number of carboxylic acid groups (broad SMARTS) is 1. The average molecular weight is 328 g/mol. The number of nitrogens with zero attached hydrogens (tertiary/aromatic N) is 1. The smallest absolute Gasteiger partial charge is 0.328 e. The molecule has 22 heavy (non-hydrogen) atoms. The molecule has 1 aliphatic heterocycles. The number of amides is 1. The molecule has 2 rings (SSSR count). The molecule has 2 N–H and O–H groups in total. The normalized spacial score (nSPS) is 19.0. The molecule has 1 heterocycles. The Labute approximate surface area is 127 Å². The van der Waals surface area contributed by atoms with Gasteiger partial charge in [-0.2, -0.15) is 0 Å². The Morgan fingerprint density at radius 3 is 2.50 bits per heavy atom. The fourth-order valence-corrected chi connectivity index (χ4v) is 2.84. The number of rotatable bonds is 4. The first-order chi connectivity index (χ1) is 10.4. The number of aliphatic carboxylic acids is 1. The summed E-state index contributed by atoms with van der Waals surface area (Å²) in [7, 11) is -2.29. The minimum absolute atomic E-state index is 0.0308. The van der Waals surface area contributed by atoms with E-state index < -0.39 is 27.9 Å². The molecule has 0 saturated carbocycles. The summed E-state index contributed by atoms with van der Waals surface area (Å²) in [6, 6.07) is 4.29. The summed E-state index contributed by atoms with van der Waals surface area (Å²) in [5, 5.41) is 9.13. The third kappa shape index (κ3) is 3.26. The average Bonchev–Trinajstić information content (AvgIpc) is 2.54. The van der Waals surface area contributed by atoms with Gasteiger partial charge in [0.25, 0.3) is 5.91 Å². The van der Waals surface area contributed by atoms with Crippen LogP contribution in [0.5, 0.6) is 0 Å². The maximum atomic E-state index is 12.4. The van der Waals surface area contributed by atoms with Crippen LogP contribution in [0.3, 0.4) is 0 Å². The van der Waals surface area contributed by atoms with Crippen molar-refractivity contribution in [3.05, 3.63) is 29.8 Å². The molecule has 1 atom stereocenters. The molecule has 1 saturated heterocycles. The van der Waals surface area contributed by atoms with Gasteiger partial charge in [0.05, 0.1) is 18.1 Å². The second-order valence-corrected chi connectivity index (χ2v) is 6.55. The number of morpholine rings is 1. The van der Waals surface area contributed by atoms with Crippen LogP contribution in [0.4, 0.5) is 0 Å². The maximum Gasteiger partial charge on any atom is 0.328 e.